The van der Waals surface area contributed by atoms with Gasteiger partial charge >= 0.3 is 6.18 Å². The van der Waals surface area contributed by atoms with Crippen LogP contribution in [0.1, 0.15) is 54.4 Å². The van der Waals surface area contributed by atoms with Gasteiger partial charge in [0.25, 0.3) is 0 Å². The highest BCUT2D eigenvalue weighted by atomic mass is 79.9. The quantitative estimate of drug-likeness (QED) is 0.0701. The Kier molecular flexibility index (Phi) is 15.3. The molecule has 0 aliphatic carbocycles. The predicted octanol–water partition coefficient (Wildman–Crippen LogP) is 5.17. The number of nitrogens with one attached hydrogen (secondary N) is 3. The number of likely N-dealkylation sites (N-methyl/N-ethyl adjacent to an activating group) is 1. The molecular formula is C37H46BrF3N8O3S. The number of carbonyl (C=O) groups is 3. The van der Waals surface area contributed by atoms with Gasteiger partial charge in [-0.25, -0.2) is 4.98 Å². The Labute approximate surface area is 319 Å². The molecule has 0 fully saturated rings. The van der Waals surface area contributed by atoms with Crippen LogP contribution in [-0.2, 0) is 33.5 Å². The maximum atomic E-state index is 14.0. The molecule has 0 spiro atoms. The second-order valence-electron chi connectivity index (χ2n) is 12.8. The van der Waals surface area contributed by atoms with Crippen molar-refractivity contribution in [2.24, 2.45) is 17.2 Å². The number of amides is 3. The molecular weight excluding hydrogens is 773 g/mol. The van der Waals surface area contributed by atoms with E-state index in [2.05, 4.69) is 36.5 Å². The molecule has 0 unspecified atom stereocenters. The van der Waals surface area contributed by atoms with Gasteiger partial charge < -0.3 is 37.7 Å². The molecule has 0 aliphatic rings. The lowest BCUT2D eigenvalue weighted by Crippen LogP contribution is -2.56. The summed E-state index contributed by atoms with van der Waals surface area (Å²) in [5.41, 5.74) is 19.3. The minimum atomic E-state index is -4.59. The highest BCUT2D eigenvalue weighted by molar-refractivity contribution is 9.10. The van der Waals surface area contributed by atoms with Crippen LogP contribution in [0.15, 0.2) is 75.3 Å². The number of aryl methyl sites for hydroxylation is 1. The van der Waals surface area contributed by atoms with Crippen LogP contribution in [-0.4, -0.2) is 70.9 Å². The number of hydrogen-bond donors (Lipinski definition) is 6. The first-order valence-corrected chi connectivity index (χ1v) is 18.9. The van der Waals surface area contributed by atoms with E-state index < -0.39 is 47.6 Å². The summed E-state index contributed by atoms with van der Waals surface area (Å²) in [6, 6.07) is 10.9. The van der Waals surface area contributed by atoms with Crippen molar-refractivity contribution in [3.05, 3.63) is 87.7 Å². The van der Waals surface area contributed by atoms with E-state index in [-0.39, 0.29) is 24.3 Å². The number of pyridine rings is 1. The van der Waals surface area contributed by atoms with Gasteiger partial charge in [-0.1, -0.05) is 52.0 Å². The first-order valence-electron chi connectivity index (χ1n) is 17.3. The van der Waals surface area contributed by atoms with Crippen LogP contribution in [0.4, 0.5) is 13.2 Å². The molecule has 4 aromatic rings. The number of aromatic amines is 1. The van der Waals surface area contributed by atoms with Crippen LogP contribution in [0, 0.1) is 6.92 Å². The summed E-state index contributed by atoms with van der Waals surface area (Å²) >= 11 is 4.07. The summed E-state index contributed by atoms with van der Waals surface area (Å²) in [6.07, 6.45) is 1.08. The smallest absolute Gasteiger partial charge is 0.368 e. The third-order valence-electron chi connectivity index (χ3n) is 8.94. The van der Waals surface area contributed by atoms with Gasteiger partial charge in [-0.2, -0.15) is 13.2 Å². The van der Waals surface area contributed by atoms with Crippen molar-refractivity contribution in [3.8, 4) is 0 Å². The van der Waals surface area contributed by atoms with E-state index in [0.717, 1.165) is 34.3 Å². The SMILES string of the molecule is Cc1cc(Br)cc(C(F)(F)F)c1Sc1ncccc1CN[C@@H](CCCN)C(=O)N[C@@H](CCCCN)C(=O)N(C)[C@@H](Cc1c[nH]c2ccccc12)C(N)=O. The number of para-hydroxylation sites is 1. The standard InChI is InChI=1S/C37H46BrF3N8O3S/c1-22-17-25(38)19-27(37(39,40)41)32(22)53-35-23(9-8-16-45-35)20-47-29(13-7-15-43)34(51)48-30(12-5-6-14-42)36(52)49(2)31(33(44)50)18-24-21-46-28-11-4-3-10-26(24)28/h3-4,8-11,16-17,19,21,29-31,46-47H,5-7,12-15,18,20,42-43H2,1-2H3,(H2,44,50)(H,48,51)/t29-,30-,31-/m0/s1. The molecule has 9 N–H and O–H groups in total. The van der Waals surface area contributed by atoms with Crippen LogP contribution in [0.3, 0.4) is 0 Å². The molecule has 16 heteroatoms. The number of benzene rings is 2. The van der Waals surface area contributed by atoms with Crippen molar-refractivity contribution in [3.63, 3.8) is 0 Å². The molecule has 0 saturated heterocycles. The van der Waals surface area contributed by atoms with E-state index in [0.29, 0.717) is 59.4 Å². The number of carbonyl (C=O) groups excluding carboxylic acids is 3. The minimum absolute atomic E-state index is 0.0278. The second kappa shape index (κ2) is 19.4. The predicted molar refractivity (Wildman–Crippen MR) is 204 cm³/mol. The van der Waals surface area contributed by atoms with E-state index in [1.54, 1.807) is 31.3 Å². The maximum Gasteiger partial charge on any atom is 0.417 e. The molecule has 4 rings (SSSR count). The topological polar surface area (TPSA) is 185 Å². The summed E-state index contributed by atoms with van der Waals surface area (Å²) in [7, 11) is 1.50. The average Bonchev–Trinajstić information content (AvgIpc) is 3.53. The molecule has 3 amide bonds. The lowest BCUT2D eigenvalue weighted by atomic mass is 10.0. The molecule has 2 aromatic carbocycles. The van der Waals surface area contributed by atoms with E-state index in [1.807, 2.05) is 24.3 Å². The van der Waals surface area contributed by atoms with E-state index in [1.165, 1.54) is 18.1 Å². The Morgan fingerprint density at radius 1 is 1.00 bits per heavy atom. The number of alkyl halides is 3. The van der Waals surface area contributed by atoms with Gasteiger partial charge in [0.1, 0.15) is 17.1 Å². The van der Waals surface area contributed by atoms with Crippen molar-refractivity contribution >= 4 is 56.3 Å². The zero-order valence-corrected chi connectivity index (χ0v) is 32.0. The van der Waals surface area contributed by atoms with Crippen molar-refractivity contribution in [1.29, 1.82) is 0 Å². The summed E-state index contributed by atoms with van der Waals surface area (Å²) in [4.78, 5) is 49.5. The van der Waals surface area contributed by atoms with Gasteiger partial charge in [-0.05, 0) is 93.1 Å². The summed E-state index contributed by atoms with van der Waals surface area (Å²) in [5, 5.41) is 7.37. The van der Waals surface area contributed by atoms with Crippen LogP contribution >= 0.6 is 27.7 Å². The number of fused-ring (bicyclic) bond motifs is 1. The lowest BCUT2D eigenvalue weighted by molar-refractivity contribution is -0.141. The monoisotopic (exact) mass is 818 g/mol. The second-order valence-corrected chi connectivity index (χ2v) is 14.7. The van der Waals surface area contributed by atoms with Gasteiger partial charge in [0.2, 0.25) is 17.7 Å². The molecule has 3 atom stereocenters. The molecule has 2 aromatic heterocycles. The maximum absolute atomic E-state index is 14.0. The molecule has 0 aliphatic heterocycles. The number of nitrogens with zero attached hydrogens (tertiary/aromatic N) is 2. The van der Waals surface area contributed by atoms with Gasteiger partial charge in [-0.3, -0.25) is 14.4 Å². The fraction of sp³-hybridized carbons (Fsp3) is 0.405. The Balaban J connectivity index is 1.53. The zero-order chi connectivity index (χ0) is 38.7. The number of hydrogen-bond acceptors (Lipinski definition) is 8. The summed E-state index contributed by atoms with van der Waals surface area (Å²) in [6.45, 7) is 2.40. The van der Waals surface area contributed by atoms with Crippen LogP contribution in [0.25, 0.3) is 10.9 Å². The Morgan fingerprint density at radius 3 is 2.42 bits per heavy atom. The number of rotatable bonds is 19. The first-order chi connectivity index (χ1) is 25.2. The molecule has 0 bridgehead atoms. The zero-order valence-electron chi connectivity index (χ0n) is 29.6. The van der Waals surface area contributed by atoms with Crippen molar-refractivity contribution in [2.45, 2.75) is 86.2 Å². The Bertz CT molecular complexity index is 1870. The highest BCUT2D eigenvalue weighted by Gasteiger charge is 2.36. The van der Waals surface area contributed by atoms with Gasteiger partial charge in [0.05, 0.1) is 11.6 Å². The minimum Gasteiger partial charge on any atom is -0.368 e. The Hall–Kier alpha value is -3.96. The largest absolute Gasteiger partial charge is 0.417 e. The van der Waals surface area contributed by atoms with Crippen LogP contribution in [0.5, 0.6) is 0 Å². The molecule has 286 valence electrons. The van der Waals surface area contributed by atoms with Gasteiger partial charge in [0, 0.05) is 52.7 Å². The number of primary amides is 1. The van der Waals surface area contributed by atoms with Crippen LogP contribution < -0.4 is 27.8 Å². The highest BCUT2D eigenvalue weighted by Crippen LogP contribution is 2.43. The van der Waals surface area contributed by atoms with Gasteiger partial charge in [0.15, 0.2) is 0 Å². The van der Waals surface area contributed by atoms with E-state index >= 15 is 0 Å². The number of halogens is 4. The number of H-pyrrole nitrogens is 1. The Morgan fingerprint density at radius 2 is 1.72 bits per heavy atom. The van der Waals surface area contributed by atoms with Crippen LogP contribution in [0.2, 0.25) is 0 Å². The molecule has 11 nitrogen and oxygen atoms in total. The number of unbranched alkanes of at least 4 members (excludes halogenated alkanes) is 1. The molecule has 0 saturated carbocycles. The first kappa shape index (κ1) is 41.8. The van der Waals surface area contributed by atoms with Crippen molar-refractivity contribution < 1.29 is 27.6 Å². The molecule has 53 heavy (non-hydrogen) atoms. The fourth-order valence-electron chi connectivity index (χ4n) is 6.06. The van der Waals surface area contributed by atoms with E-state index in [9.17, 15) is 27.6 Å². The fourth-order valence-corrected chi connectivity index (χ4v) is 7.72. The molecule has 0 radical (unpaired) electrons. The number of aromatic nitrogens is 2. The molecule has 2 heterocycles. The van der Waals surface area contributed by atoms with Crippen molar-refractivity contribution in [1.82, 2.24) is 25.5 Å². The third-order valence-corrected chi connectivity index (χ3v) is 10.7. The summed E-state index contributed by atoms with van der Waals surface area (Å²) in [5.74, 6) is -1.63. The summed E-state index contributed by atoms with van der Waals surface area (Å²) < 4.78 is 42.4. The third kappa shape index (κ3) is 11.3. The lowest BCUT2D eigenvalue weighted by Gasteiger charge is -2.31. The van der Waals surface area contributed by atoms with E-state index in [4.69, 9.17) is 17.2 Å². The van der Waals surface area contributed by atoms with Gasteiger partial charge in [-0.15, -0.1) is 0 Å². The average molecular weight is 820 g/mol. The van der Waals surface area contributed by atoms with Crippen molar-refractivity contribution in [2.75, 3.05) is 20.1 Å². The number of nitrogens with two attached hydrogens (primary N) is 3. The normalized spacial score (nSPS) is 13.4.